The summed E-state index contributed by atoms with van der Waals surface area (Å²) in [5.41, 5.74) is 0.457. The van der Waals surface area contributed by atoms with Crippen LogP contribution in [0.2, 0.25) is 0 Å². The molecule has 1 unspecified atom stereocenters. The SMILES string of the molecule is CCC(C)Oc1ccc(NC(=O)C(Cl)(Cl)Cl)cc1C(=O)OC. The predicted molar refractivity (Wildman–Crippen MR) is 87.1 cm³/mol. The molecule has 0 spiro atoms. The Morgan fingerprint density at radius 2 is 1.95 bits per heavy atom. The lowest BCUT2D eigenvalue weighted by molar-refractivity contribution is -0.115. The average Bonchev–Trinajstić information content (AvgIpc) is 2.46. The summed E-state index contributed by atoms with van der Waals surface area (Å²) in [6.07, 6.45) is 0.692. The molecule has 1 atom stereocenters. The van der Waals surface area contributed by atoms with Gasteiger partial charge in [0.1, 0.15) is 11.3 Å². The van der Waals surface area contributed by atoms with Crippen LogP contribution in [0.15, 0.2) is 18.2 Å². The highest BCUT2D eigenvalue weighted by molar-refractivity contribution is 6.76. The molecule has 1 rings (SSSR count). The van der Waals surface area contributed by atoms with Crippen molar-refractivity contribution in [2.75, 3.05) is 12.4 Å². The van der Waals surface area contributed by atoms with Crippen LogP contribution in [0.4, 0.5) is 5.69 Å². The molecule has 1 amide bonds. The van der Waals surface area contributed by atoms with Crippen LogP contribution in [0, 0.1) is 0 Å². The first-order valence-corrected chi connectivity index (χ1v) is 7.59. The molecule has 0 heterocycles. The zero-order valence-electron chi connectivity index (χ0n) is 12.3. The van der Waals surface area contributed by atoms with Crippen molar-refractivity contribution < 1.29 is 19.1 Å². The van der Waals surface area contributed by atoms with Crippen molar-refractivity contribution in [1.29, 1.82) is 0 Å². The van der Waals surface area contributed by atoms with E-state index in [4.69, 9.17) is 44.3 Å². The molecule has 8 heteroatoms. The van der Waals surface area contributed by atoms with Crippen LogP contribution in [0.5, 0.6) is 5.75 Å². The topological polar surface area (TPSA) is 64.6 Å². The summed E-state index contributed by atoms with van der Waals surface area (Å²) in [7, 11) is 1.25. The van der Waals surface area contributed by atoms with E-state index < -0.39 is 15.7 Å². The summed E-state index contributed by atoms with van der Waals surface area (Å²) < 4.78 is 8.26. The van der Waals surface area contributed by atoms with Gasteiger partial charge in [0.15, 0.2) is 0 Å². The van der Waals surface area contributed by atoms with E-state index >= 15 is 0 Å². The van der Waals surface area contributed by atoms with Crippen molar-refractivity contribution >= 4 is 52.4 Å². The molecule has 0 aliphatic carbocycles. The molecule has 1 N–H and O–H groups in total. The summed E-state index contributed by atoms with van der Waals surface area (Å²) in [6, 6.07) is 4.49. The number of methoxy groups -OCH3 is 1. The van der Waals surface area contributed by atoms with Crippen LogP contribution in [-0.4, -0.2) is 28.9 Å². The number of nitrogens with one attached hydrogen (secondary N) is 1. The summed E-state index contributed by atoms with van der Waals surface area (Å²) in [4.78, 5) is 23.5. The molecular weight excluding hydrogens is 353 g/mol. The largest absolute Gasteiger partial charge is 0.490 e. The van der Waals surface area contributed by atoms with Crippen LogP contribution < -0.4 is 10.1 Å². The second-order valence-corrected chi connectivity index (χ2v) is 6.77. The summed E-state index contributed by atoms with van der Waals surface area (Å²) >= 11 is 16.5. The van der Waals surface area contributed by atoms with E-state index in [1.165, 1.54) is 13.2 Å². The van der Waals surface area contributed by atoms with E-state index in [9.17, 15) is 9.59 Å². The van der Waals surface area contributed by atoms with Gasteiger partial charge in [-0.1, -0.05) is 41.7 Å². The molecule has 0 saturated heterocycles. The van der Waals surface area contributed by atoms with Crippen molar-refractivity contribution in [2.24, 2.45) is 0 Å². The van der Waals surface area contributed by atoms with Gasteiger partial charge < -0.3 is 14.8 Å². The van der Waals surface area contributed by atoms with E-state index in [2.05, 4.69) is 5.32 Å². The Kier molecular flexibility index (Phi) is 6.78. The van der Waals surface area contributed by atoms with Gasteiger partial charge in [-0.05, 0) is 31.5 Å². The first kappa shape index (κ1) is 18.9. The molecule has 122 valence electrons. The van der Waals surface area contributed by atoms with Gasteiger partial charge in [-0.2, -0.15) is 0 Å². The average molecular weight is 369 g/mol. The number of anilines is 1. The lowest BCUT2D eigenvalue weighted by atomic mass is 10.1. The molecule has 5 nitrogen and oxygen atoms in total. The Morgan fingerprint density at radius 3 is 2.45 bits per heavy atom. The minimum atomic E-state index is -2.10. The number of ether oxygens (including phenoxy) is 2. The van der Waals surface area contributed by atoms with Crippen molar-refractivity contribution in [3.8, 4) is 5.75 Å². The van der Waals surface area contributed by atoms with Crippen LogP contribution in [0.1, 0.15) is 30.6 Å². The first-order valence-electron chi connectivity index (χ1n) is 6.46. The minimum absolute atomic E-state index is 0.0787. The van der Waals surface area contributed by atoms with Crippen molar-refractivity contribution in [1.82, 2.24) is 0 Å². The summed E-state index contributed by atoms with van der Waals surface area (Å²) in [5.74, 6) is -1.07. The van der Waals surface area contributed by atoms with Gasteiger partial charge in [0.2, 0.25) is 0 Å². The van der Waals surface area contributed by atoms with E-state index in [-0.39, 0.29) is 17.4 Å². The van der Waals surface area contributed by atoms with Gasteiger partial charge in [-0.15, -0.1) is 0 Å². The molecule has 0 saturated carbocycles. The number of benzene rings is 1. The van der Waals surface area contributed by atoms with Crippen molar-refractivity contribution in [3.05, 3.63) is 23.8 Å². The molecule has 1 aromatic rings. The third kappa shape index (κ3) is 5.23. The van der Waals surface area contributed by atoms with Gasteiger partial charge in [0, 0.05) is 5.69 Å². The molecule has 0 bridgehead atoms. The zero-order valence-corrected chi connectivity index (χ0v) is 14.6. The summed E-state index contributed by atoms with van der Waals surface area (Å²) in [6.45, 7) is 3.83. The molecule has 0 fully saturated rings. The van der Waals surface area contributed by atoms with E-state index in [1.807, 2.05) is 13.8 Å². The third-order valence-electron chi connectivity index (χ3n) is 2.80. The highest BCUT2D eigenvalue weighted by Crippen LogP contribution is 2.29. The van der Waals surface area contributed by atoms with Crippen LogP contribution in [0.3, 0.4) is 0 Å². The number of amides is 1. The van der Waals surface area contributed by atoms with Crippen LogP contribution in [-0.2, 0) is 9.53 Å². The Hall–Kier alpha value is -1.17. The third-order valence-corrected chi connectivity index (χ3v) is 3.32. The predicted octanol–water partition coefficient (Wildman–Crippen LogP) is 3.96. The molecule has 0 aromatic heterocycles. The highest BCUT2D eigenvalue weighted by Gasteiger charge is 2.31. The molecule has 0 radical (unpaired) electrons. The highest BCUT2D eigenvalue weighted by atomic mass is 35.6. The fourth-order valence-corrected chi connectivity index (χ4v) is 1.62. The van der Waals surface area contributed by atoms with Gasteiger partial charge in [-0.25, -0.2) is 4.79 Å². The lowest BCUT2D eigenvalue weighted by Crippen LogP contribution is -2.27. The minimum Gasteiger partial charge on any atom is -0.490 e. The number of carbonyl (C=O) groups is 2. The van der Waals surface area contributed by atoms with E-state index in [0.29, 0.717) is 5.75 Å². The van der Waals surface area contributed by atoms with Gasteiger partial charge in [0.25, 0.3) is 9.70 Å². The maximum atomic E-state index is 11.8. The molecule has 0 aliphatic heterocycles. The van der Waals surface area contributed by atoms with Gasteiger partial charge >= 0.3 is 5.97 Å². The number of halogens is 3. The fraction of sp³-hybridized carbons (Fsp3) is 0.429. The maximum Gasteiger partial charge on any atom is 0.341 e. The normalized spacial score (nSPS) is 12.5. The zero-order chi connectivity index (χ0) is 16.9. The van der Waals surface area contributed by atoms with E-state index in [0.717, 1.165) is 6.42 Å². The lowest BCUT2D eigenvalue weighted by Gasteiger charge is -2.17. The number of carbonyl (C=O) groups excluding carboxylic acids is 2. The van der Waals surface area contributed by atoms with Gasteiger partial charge in [0.05, 0.1) is 13.2 Å². The fourth-order valence-electron chi connectivity index (χ4n) is 1.48. The van der Waals surface area contributed by atoms with Crippen molar-refractivity contribution in [2.45, 2.75) is 30.2 Å². The monoisotopic (exact) mass is 367 g/mol. The standard InChI is InChI=1S/C14H16Cl3NO4/c1-4-8(2)22-11-6-5-9(7-10(11)12(19)21-3)18-13(20)14(15,16)17/h5-8H,4H2,1-3H3,(H,18,20). The molecule has 1 aromatic carbocycles. The smallest absolute Gasteiger partial charge is 0.341 e. The number of alkyl halides is 3. The molecule has 22 heavy (non-hydrogen) atoms. The Bertz CT molecular complexity index is 558. The number of hydrogen-bond donors (Lipinski definition) is 1. The first-order chi connectivity index (χ1) is 10.2. The Morgan fingerprint density at radius 1 is 1.32 bits per heavy atom. The Labute approximate surface area is 143 Å². The second-order valence-electron chi connectivity index (χ2n) is 4.49. The number of esters is 1. The Balaban J connectivity index is 3.09. The second kappa shape index (κ2) is 7.90. The molecule has 0 aliphatic rings. The number of rotatable bonds is 5. The van der Waals surface area contributed by atoms with Crippen LogP contribution >= 0.6 is 34.8 Å². The van der Waals surface area contributed by atoms with E-state index in [1.54, 1.807) is 12.1 Å². The van der Waals surface area contributed by atoms with Crippen molar-refractivity contribution in [3.63, 3.8) is 0 Å². The molecular formula is C14H16Cl3NO4. The summed E-state index contributed by atoms with van der Waals surface area (Å²) in [5, 5.41) is 2.40. The van der Waals surface area contributed by atoms with Crippen LogP contribution in [0.25, 0.3) is 0 Å². The maximum absolute atomic E-state index is 11.8. The van der Waals surface area contributed by atoms with Gasteiger partial charge in [-0.3, -0.25) is 4.79 Å². The quantitative estimate of drug-likeness (QED) is 0.631. The number of hydrogen-bond acceptors (Lipinski definition) is 4.